The molecule has 2 saturated heterocycles. The lowest BCUT2D eigenvalue weighted by Crippen LogP contribution is -2.62. The normalized spacial score (nSPS) is 22.7. The van der Waals surface area contributed by atoms with Crippen LogP contribution in [0.4, 0.5) is 4.79 Å². The molecule has 6 heteroatoms. The SMILES string of the molecule is CCN(CCO)C(=O)NCC1(N2CCCCC2)CCN(C)CC1. The van der Waals surface area contributed by atoms with Crippen LogP contribution in [0.25, 0.3) is 0 Å². The van der Waals surface area contributed by atoms with Gasteiger partial charge in [-0.2, -0.15) is 0 Å². The van der Waals surface area contributed by atoms with E-state index in [2.05, 4.69) is 22.2 Å². The van der Waals surface area contributed by atoms with Gasteiger partial charge in [0.2, 0.25) is 0 Å². The molecule has 6 nitrogen and oxygen atoms in total. The molecule has 0 aromatic rings. The van der Waals surface area contributed by atoms with Crippen molar-refractivity contribution in [2.75, 3.05) is 59.5 Å². The van der Waals surface area contributed by atoms with Gasteiger partial charge < -0.3 is 20.2 Å². The van der Waals surface area contributed by atoms with Crippen LogP contribution in [-0.2, 0) is 0 Å². The highest BCUT2D eigenvalue weighted by atomic mass is 16.3. The number of carbonyl (C=O) groups is 1. The second kappa shape index (κ2) is 8.85. The number of urea groups is 1. The van der Waals surface area contributed by atoms with Gasteiger partial charge in [0.1, 0.15) is 0 Å². The van der Waals surface area contributed by atoms with Crippen LogP contribution in [0.2, 0.25) is 0 Å². The van der Waals surface area contributed by atoms with E-state index < -0.39 is 0 Å². The van der Waals surface area contributed by atoms with Crippen molar-refractivity contribution in [3.63, 3.8) is 0 Å². The maximum atomic E-state index is 12.4. The van der Waals surface area contributed by atoms with Crippen LogP contribution in [0.5, 0.6) is 0 Å². The van der Waals surface area contributed by atoms with E-state index in [4.69, 9.17) is 5.11 Å². The van der Waals surface area contributed by atoms with Crippen LogP contribution in [0.15, 0.2) is 0 Å². The van der Waals surface area contributed by atoms with Crippen molar-refractivity contribution in [1.82, 2.24) is 20.0 Å². The Hall–Kier alpha value is -0.850. The van der Waals surface area contributed by atoms with Gasteiger partial charge >= 0.3 is 6.03 Å². The highest BCUT2D eigenvalue weighted by Gasteiger charge is 2.40. The van der Waals surface area contributed by atoms with E-state index in [0.29, 0.717) is 13.1 Å². The largest absolute Gasteiger partial charge is 0.395 e. The smallest absolute Gasteiger partial charge is 0.317 e. The molecule has 0 aromatic carbocycles. The molecule has 2 rings (SSSR count). The van der Waals surface area contributed by atoms with Crippen molar-refractivity contribution in [1.29, 1.82) is 0 Å². The summed E-state index contributed by atoms with van der Waals surface area (Å²) in [6.45, 7) is 8.24. The summed E-state index contributed by atoms with van der Waals surface area (Å²) >= 11 is 0. The highest BCUT2D eigenvalue weighted by molar-refractivity contribution is 5.74. The minimum Gasteiger partial charge on any atom is -0.395 e. The molecule has 23 heavy (non-hydrogen) atoms. The van der Waals surface area contributed by atoms with Crippen LogP contribution >= 0.6 is 0 Å². The van der Waals surface area contributed by atoms with Crippen molar-refractivity contribution in [3.05, 3.63) is 0 Å². The fraction of sp³-hybridized carbons (Fsp3) is 0.941. The number of nitrogens with zero attached hydrogens (tertiary/aromatic N) is 3. The molecule has 2 fully saturated rings. The molecule has 0 aliphatic carbocycles. The zero-order valence-corrected chi connectivity index (χ0v) is 14.9. The number of hydrogen-bond acceptors (Lipinski definition) is 4. The fourth-order valence-corrected chi connectivity index (χ4v) is 3.88. The summed E-state index contributed by atoms with van der Waals surface area (Å²) < 4.78 is 0. The lowest BCUT2D eigenvalue weighted by atomic mass is 9.84. The Labute approximate surface area is 140 Å². The van der Waals surface area contributed by atoms with E-state index in [1.807, 2.05) is 6.92 Å². The van der Waals surface area contributed by atoms with Crippen molar-refractivity contribution >= 4 is 6.03 Å². The summed E-state index contributed by atoms with van der Waals surface area (Å²) in [5.41, 5.74) is 0.112. The molecule has 0 spiro atoms. The predicted molar refractivity (Wildman–Crippen MR) is 92.6 cm³/mol. The number of likely N-dealkylation sites (tertiary alicyclic amines) is 2. The maximum absolute atomic E-state index is 12.4. The Bertz CT molecular complexity index is 364. The summed E-state index contributed by atoms with van der Waals surface area (Å²) in [6, 6.07) is -0.0446. The third-order valence-corrected chi connectivity index (χ3v) is 5.55. The summed E-state index contributed by atoms with van der Waals surface area (Å²) in [4.78, 5) is 19.1. The van der Waals surface area contributed by atoms with Crippen molar-refractivity contribution in [2.45, 2.75) is 44.6 Å². The van der Waals surface area contributed by atoms with Crippen molar-refractivity contribution in [3.8, 4) is 0 Å². The summed E-state index contributed by atoms with van der Waals surface area (Å²) in [5, 5.41) is 12.2. The molecule has 2 aliphatic heterocycles. The molecule has 0 atom stereocenters. The summed E-state index contributed by atoms with van der Waals surface area (Å²) in [5.74, 6) is 0. The van der Waals surface area contributed by atoms with Crippen LogP contribution in [0.3, 0.4) is 0 Å². The van der Waals surface area contributed by atoms with Crippen molar-refractivity contribution in [2.24, 2.45) is 0 Å². The van der Waals surface area contributed by atoms with E-state index in [-0.39, 0.29) is 18.2 Å². The van der Waals surface area contributed by atoms with Gasteiger partial charge in [-0.1, -0.05) is 6.42 Å². The van der Waals surface area contributed by atoms with Crippen molar-refractivity contribution < 1.29 is 9.90 Å². The average molecular weight is 326 g/mol. The standard InChI is InChI=1S/C17H34N4O2/c1-3-20(13-14-22)16(23)18-15-17(7-11-19(2)12-8-17)21-9-5-4-6-10-21/h22H,3-15H2,1-2H3,(H,18,23). The number of likely N-dealkylation sites (N-methyl/N-ethyl adjacent to an activating group) is 1. The molecule has 0 unspecified atom stereocenters. The van der Waals surface area contributed by atoms with E-state index in [9.17, 15) is 4.79 Å². The number of aliphatic hydroxyl groups is 1. The summed E-state index contributed by atoms with van der Waals surface area (Å²) in [7, 11) is 2.18. The molecule has 2 aliphatic rings. The van der Waals surface area contributed by atoms with Gasteiger partial charge in [0, 0.05) is 25.2 Å². The Kier molecular flexibility index (Phi) is 7.11. The number of amides is 2. The first kappa shape index (κ1) is 18.5. The molecule has 0 aromatic heterocycles. The molecular weight excluding hydrogens is 292 g/mol. The molecule has 134 valence electrons. The molecule has 2 heterocycles. The van der Waals surface area contributed by atoms with Gasteiger partial charge in [0.25, 0.3) is 0 Å². The first-order valence-electron chi connectivity index (χ1n) is 9.18. The minimum atomic E-state index is -0.0446. The maximum Gasteiger partial charge on any atom is 0.317 e. The number of aliphatic hydroxyl groups excluding tert-OH is 1. The van der Waals surface area contributed by atoms with Gasteiger partial charge in [-0.25, -0.2) is 4.79 Å². The van der Waals surface area contributed by atoms with Gasteiger partial charge in [0.15, 0.2) is 0 Å². The molecule has 0 saturated carbocycles. The number of carbonyl (C=O) groups excluding carboxylic acids is 1. The van der Waals surface area contributed by atoms with E-state index in [0.717, 1.165) is 45.6 Å². The Morgan fingerprint density at radius 1 is 1.17 bits per heavy atom. The predicted octanol–water partition coefficient (Wildman–Crippen LogP) is 0.961. The quantitative estimate of drug-likeness (QED) is 0.763. The minimum absolute atomic E-state index is 0.0172. The van der Waals surface area contributed by atoms with Crippen LogP contribution in [-0.4, -0.2) is 90.8 Å². The molecule has 2 N–H and O–H groups in total. The zero-order chi connectivity index (χ0) is 16.7. The molecule has 2 amide bonds. The lowest BCUT2D eigenvalue weighted by molar-refractivity contribution is 0.0153. The number of nitrogens with one attached hydrogen (secondary N) is 1. The van der Waals surface area contributed by atoms with Gasteiger partial charge in [-0.3, -0.25) is 4.90 Å². The van der Waals surface area contributed by atoms with Crippen LogP contribution in [0, 0.1) is 0 Å². The van der Waals surface area contributed by atoms with Crippen LogP contribution < -0.4 is 5.32 Å². The van der Waals surface area contributed by atoms with E-state index in [1.54, 1.807) is 4.90 Å². The second-order valence-corrected chi connectivity index (χ2v) is 7.04. The average Bonchev–Trinajstić information content (AvgIpc) is 2.60. The first-order chi connectivity index (χ1) is 11.1. The molecular formula is C17H34N4O2. The number of hydrogen-bond donors (Lipinski definition) is 2. The Morgan fingerprint density at radius 2 is 1.83 bits per heavy atom. The monoisotopic (exact) mass is 326 g/mol. The highest BCUT2D eigenvalue weighted by Crippen LogP contribution is 2.30. The lowest BCUT2D eigenvalue weighted by Gasteiger charge is -2.50. The molecule has 0 bridgehead atoms. The Morgan fingerprint density at radius 3 is 2.39 bits per heavy atom. The van der Waals surface area contributed by atoms with E-state index >= 15 is 0 Å². The summed E-state index contributed by atoms with van der Waals surface area (Å²) in [6.07, 6.45) is 6.12. The molecule has 0 radical (unpaired) electrons. The van der Waals surface area contributed by atoms with Gasteiger partial charge in [-0.15, -0.1) is 0 Å². The zero-order valence-electron chi connectivity index (χ0n) is 14.9. The van der Waals surface area contributed by atoms with Gasteiger partial charge in [0.05, 0.1) is 6.61 Å². The number of piperidine rings is 2. The van der Waals surface area contributed by atoms with Gasteiger partial charge in [-0.05, 0) is 65.8 Å². The first-order valence-corrected chi connectivity index (χ1v) is 9.18. The Balaban J connectivity index is 1.98. The third-order valence-electron chi connectivity index (χ3n) is 5.55. The van der Waals surface area contributed by atoms with Crippen LogP contribution in [0.1, 0.15) is 39.0 Å². The second-order valence-electron chi connectivity index (χ2n) is 7.04. The third kappa shape index (κ3) is 4.81. The fourth-order valence-electron chi connectivity index (χ4n) is 3.88. The topological polar surface area (TPSA) is 59.1 Å². The number of rotatable bonds is 6. The van der Waals surface area contributed by atoms with E-state index in [1.165, 1.54) is 19.3 Å².